The van der Waals surface area contributed by atoms with E-state index in [1.54, 1.807) is 19.1 Å². The zero-order chi connectivity index (χ0) is 15.2. The van der Waals surface area contributed by atoms with Crippen molar-refractivity contribution in [2.24, 2.45) is 4.40 Å². The zero-order valence-corrected chi connectivity index (χ0v) is 12.4. The van der Waals surface area contributed by atoms with Crippen LogP contribution in [0.5, 0.6) is 0 Å². The number of benzene rings is 1. The van der Waals surface area contributed by atoms with Crippen LogP contribution in [0, 0.1) is 6.92 Å². The molecule has 0 atom stereocenters. The van der Waals surface area contributed by atoms with Crippen molar-refractivity contribution >= 4 is 21.9 Å². The standard InChI is InChI=1S/C13H17NO5S/c1-4-18-13(15)9-19-11(3)14-20(16,17)12-7-5-10(2)6-8-12/h5-8H,4,9H2,1-3H3. The molecule has 0 radical (unpaired) electrons. The molecule has 0 spiro atoms. The first-order chi connectivity index (χ1) is 9.35. The number of esters is 1. The molecule has 0 aliphatic heterocycles. The number of hydrogen-bond donors (Lipinski definition) is 0. The maximum atomic E-state index is 11.9. The van der Waals surface area contributed by atoms with Gasteiger partial charge >= 0.3 is 5.97 Å². The van der Waals surface area contributed by atoms with Crippen LogP contribution in [-0.4, -0.2) is 33.5 Å². The fraction of sp³-hybridized carbons (Fsp3) is 0.385. The molecule has 0 heterocycles. The first-order valence-corrected chi connectivity index (χ1v) is 7.46. The monoisotopic (exact) mass is 299 g/mol. The molecule has 0 amide bonds. The van der Waals surface area contributed by atoms with Gasteiger partial charge in [0.15, 0.2) is 12.5 Å². The minimum absolute atomic E-state index is 0.0715. The molecule has 1 rings (SSSR count). The molecule has 110 valence electrons. The SMILES string of the molecule is CCOC(=O)COC(C)=NS(=O)(=O)c1ccc(C)cc1. The first kappa shape index (κ1) is 16.2. The van der Waals surface area contributed by atoms with Crippen LogP contribution in [0.1, 0.15) is 19.4 Å². The van der Waals surface area contributed by atoms with E-state index >= 15 is 0 Å². The van der Waals surface area contributed by atoms with Crippen molar-refractivity contribution in [3.05, 3.63) is 29.8 Å². The van der Waals surface area contributed by atoms with Crippen molar-refractivity contribution in [1.82, 2.24) is 0 Å². The molecule has 0 unspecified atom stereocenters. The number of carbonyl (C=O) groups excluding carboxylic acids is 1. The van der Waals surface area contributed by atoms with Gasteiger partial charge in [-0.2, -0.15) is 8.42 Å². The summed E-state index contributed by atoms with van der Waals surface area (Å²) in [5.74, 6) is -0.687. The van der Waals surface area contributed by atoms with Crippen molar-refractivity contribution in [3.63, 3.8) is 0 Å². The van der Waals surface area contributed by atoms with Gasteiger partial charge in [0.25, 0.3) is 10.0 Å². The highest BCUT2D eigenvalue weighted by Crippen LogP contribution is 2.13. The molecule has 6 nitrogen and oxygen atoms in total. The number of hydrogen-bond acceptors (Lipinski definition) is 5. The summed E-state index contributed by atoms with van der Waals surface area (Å²) in [7, 11) is -3.83. The Morgan fingerprint density at radius 1 is 1.20 bits per heavy atom. The fourth-order valence-electron chi connectivity index (χ4n) is 1.32. The number of carbonyl (C=O) groups is 1. The van der Waals surface area contributed by atoms with Crippen molar-refractivity contribution in [2.75, 3.05) is 13.2 Å². The van der Waals surface area contributed by atoms with Crippen LogP contribution in [0.25, 0.3) is 0 Å². The molecule has 0 bridgehead atoms. The molecule has 1 aromatic rings. The van der Waals surface area contributed by atoms with Gasteiger partial charge in [0, 0.05) is 6.92 Å². The normalized spacial score (nSPS) is 12.1. The Labute approximate surface area is 118 Å². The second-order valence-corrected chi connectivity index (χ2v) is 5.60. The highest BCUT2D eigenvalue weighted by Gasteiger charge is 2.14. The maximum Gasteiger partial charge on any atom is 0.344 e. The van der Waals surface area contributed by atoms with E-state index in [0.717, 1.165) is 5.56 Å². The quantitative estimate of drug-likeness (QED) is 0.469. The number of aryl methyl sites for hydroxylation is 1. The molecule has 0 saturated carbocycles. The number of nitrogens with zero attached hydrogens (tertiary/aromatic N) is 1. The average Bonchev–Trinajstić information content (AvgIpc) is 2.37. The van der Waals surface area contributed by atoms with E-state index in [0.29, 0.717) is 0 Å². The molecular formula is C13H17NO5S. The molecule has 0 aliphatic rings. The Morgan fingerprint density at radius 3 is 2.35 bits per heavy atom. The summed E-state index contributed by atoms with van der Waals surface area (Å²) < 4.78 is 37.0. The molecule has 0 saturated heterocycles. The molecular weight excluding hydrogens is 282 g/mol. The summed E-state index contributed by atoms with van der Waals surface area (Å²) in [6.45, 7) is 4.76. The second-order valence-electron chi connectivity index (χ2n) is 3.99. The van der Waals surface area contributed by atoms with Crippen LogP contribution >= 0.6 is 0 Å². The van der Waals surface area contributed by atoms with Crippen LogP contribution in [-0.2, 0) is 24.3 Å². The van der Waals surface area contributed by atoms with E-state index < -0.39 is 16.0 Å². The van der Waals surface area contributed by atoms with Crippen molar-refractivity contribution in [2.45, 2.75) is 25.7 Å². The third kappa shape index (κ3) is 5.00. The molecule has 1 aromatic carbocycles. The third-order valence-electron chi connectivity index (χ3n) is 2.27. The van der Waals surface area contributed by atoms with Crippen LogP contribution in [0.2, 0.25) is 0 Å². The lowest BCUT2D eigenvalue weighted by Crippen LogP contribution is -2.15. The third-order valence-corrected chi connectivity index (χ3v) is 3.64. The number of sulfonamides is 1. The molecule has 0 N–H and O–H groups in total. The predicted octanol–water partition coefficient (Wildman–Crippen LogP) is 1.68. The van der Waals surface area contributed by atoms with Gasteiger partial charge in [-0.25, -0.2) is 4.79 Å². The van der Waals surface area contributed by atoms with Gasteiger partial charge in [-0.15, -0.1) is 4.40 Å². The van der Waals surface area contributed by atoms with Gasteiger partial charge in [0.2, 0.25) is 0 Å². The van der Waals surface area contributed by atoms with E-state index in [2.05, 4.69) is 9.13 Å². The summed E-state index contributed by atoms with van der Waals surface area (Å²) in [6.07, 6.45) is 0. The Kier molecular flexibility index (Phi) is 5.69. The minimum Gasteiger partial charge on any atom is -0.468 e. The summed E-state index contributed by atoms with van der Waals surface area (Å²) >= 11 is 0. The van der Waals surface area contributed by atoms with Crippen LogP contribution in [0.4, 0.5) is 0 Å². The fourth-order valence-corrected chi connectivity index (χ4v) is 2.30. The number of ether oxygens (including phenoxy) is 2. The zero-order valence-electron chi connectivity index (χ0n) is 11.6. The Morgan fingerprint density at radius 2 is 1.80 bits per heavy atom. The van der Waals surface area contributed by atoms with Gasteiger partial charge in [-0.05, 0) is 26.0 Å². The van der Waals surface area contributed by atoms with Crippen LogP contribution in [0.3, 0.4) is 0 Å². The Bertz CT molecular complexity index is 590. The van der Waals surface area contributed by atoms with Crippen LogP contribution < -0.4 is 0 Å². The molecule has 0 fully saturated rings. The van der Waals surface area contributed by atoms with E-state index in [1.807, 2.05) is 6.92 Å². The summed E-state index contributed by atoms with van der Waals surface area (Å²) in [4.78, 5) is 11.1. The maximum absolute atomic E-state index is 11.9. The molecule has 7 heteroatoms. The lowest BCUT2D eigenvalue weighted by Gasteiger charge is -2.05. The van der Waals surface area contributed by atoms with E-state index in [1.165, 1.54) is 19.1 Å². The predicted molar refractivity (Wildman–Crippen MR) is 74.1 cm³/mol. The van der Waals surface area contributed by atoms with Gasteiger partial charge < -0.3 is 9.47 Å². The van der Waals surface area contributed by atoms with Gasteiger partial charge in [-0.1, -0.05) is 17.7 Å². The van der Waals surface area contributed by atoms with Crippen molar-refractivity contribution < 1.29 is 22.7 Å². The van der Waals surface area contributed by atoms with Crippen LogP contribution in [0.15, 0.2) is 33.6 Å². The molecule has 0 aliphatic carbocycles. The molecule has 0 aromatic heterocycles. The lowest BCUT2D eigenvalue weighted by molar-refractivity contribution is -0.145. The summed E-state index contributed by atoms with van der Waals surface area (Å²) in [5, 5.41) is 0. The highest BCUT2D eigenvalue weighted by molar-refractivity contribution is 7.90. The second kappa shape index (κ2) is 7.04. The Hall–Kier alpha value is -1.89. The van der Waals surface area contributed by atoms with E-state index in [9.17, 15) is 13.2 Å². The van der Waals surface area contributed by atoms with Gasteiger partial charge in [0.05, 0.1) is 11.5 Å². The number of rotatable bonds is 5. The average molecular weight is 299 g/mol. The van der Waals surface area contributed by atoms with Crippen molar-refractivity contribution in [1.29, 1.82) is 0 Å². The first-order valence-electron chi connectivity index (χ1n) is 6.02. The summed E-state index contributed by atoms with van der Waals surface area (Å²) in [5.41, 5.74) is 0.947. The topological polar surface area (TPSA) is 82.0 Å². The summed E-state index contributed by atoms with van der Waals surface area (Å²) in [6, 6.07) is 6.29. The smallest absolute Gasteiger partial charge is 0.344 e. The van der Waals surface area contributed by atoms with Crippen molar-refractivity contribution in [3.8, 4) is 0 Å². The Balaban J connectivity index is 2.75. The lowest BCUT2D eigenvalue weighted by atomic mass is 10.2. The van der Waals surface area contributed by atoms with Gasteiger partial charge in [-0.3, -0.25) is 0 Å². The highest BCUT2D eigenvalue weighted by atomic mass is 32.2. The van der Waals surface area contributed by atoms with E-state index in [4.69, 9.17) is 4.74 Å². The molecule has 20 heavy (non-hydrogen) atoms. The largest absolute Gasteiger partial charge is 0.468 e. The van der Waals surface area contributed by atoms with Gasteiger partial charge in [0.1, 0.15) is 0 Å². The van der Waals surface area contributed by atoms with E-state index in [-0.39, 0.29) is 24.0 Å². The minimum atomic E-state index is -3.83.